The van der Waals surface area contributed by atoms with Crippen molar-refractivity contribution in [1.29, 1.82) is 0 Å². The molecule has 9 nitrogen and oxygen atoms in total. The molecule has 0 aliphatic carbocycles. The van der Waals surface area contributed by atoms with Gasteiger partial charge in [-0.15, -0.1) is 6.58 Å². The van der Waals surface area contributed by atoms with Crippen LogP contribution in [-0.4, -0.2) is 53.4 Å². The lowest BCUT2D eigenvalue weighted by Gasteiger charge is -2.41. The molecule has 2 aliphatic heterocycles. The molecule has 3 aromatic carbocycles. The molecule has 1 saturated heterocycles. The summed E-state index contributed by atoms with van der Waals surface area (Å²) in [4.78, 5) is 25.2. The number of esters is 1. The van der Waals surface area contributed by atoms with Crippen molar-refractivity contribution >= 4 is 43.1 Å². The van der Waals surface area contributed by atoms with Gasteiger partial charge in [-0.2, -0.15) is 0 Å². The number of benzene rings is 3. The molecule has 2 aliphatic rings. The molecule has 1 fully saturated rings. The van der Waals surface area contributed by atoms with Crippen molar-refractivity contribution in [2.75, 3.05) is 28.2 Å². The van der Waals surface area contributed by atoms with Gasteiger partial charge in [-0.3, -0.25) is 9.10 Å². The van der Waals surface area contributed by atoms with Crippen molar-refractivity contribution in [3.63, 3.8) is 0 Å². The van der Waals surface area contributed by atoms with Gasteiger partial charge in [-0.05, 0) is 85.5 Å². The van der Waals surface area contributed by atoms with Gasteiger partial charge in [0, 0.05) is 16.7 Å². The quantitative estimate of drug-likeness (QED) is 0.308. The third-order valence-corrected chi connectivity index (χ3v) is 11.5. The van der Waals surface area contributed by atoms with Crippen LogP contribution in [0.25, 0.3) is 0 Å². The van der Waals surface area contributed by atoms with Crippen LogP contribution in [0.15, 0.2) is 84.3 Å². The molecular formula is C30H29FN2O7S2. The third-order valence-electron chi connectivity index (χ3n) is 7.97. The van der Waals surface area contributed by atoms with E-state index in [0.717, 1.165) is 12.1 Å². The molecule has 0 radical (unpaired) electrons. The fourth-order valence-corrected chi connectivity index (χ4v) is 9.19. The number of methoxy groups -OCH3 is 1. The molecular weight excluding hydrogens is 583 g/mol. The number of ether oxygens (including phenoxy) is 1. The zero-order chi connectivity index (χ0) is 30.3. The molecule has 1 atom stereocenters. The Kier molecular flexibility index (Phi) is 7.71. The highest BCUT2D eigenvalue weighted by Crippen LogP contribution is 2.54. The van der Waals surface area contributed by atoms with Gasteiger partial charge in [-0.1, -0.05) is 12.1 Å². The number of rotatable bonds is 7. The number of carbonyl (C=O) groups excluding carboxylic acids is 2. The fraction of sp³-hybridized carbons (Fsp3) is 0.267. The molecule has 0 aromatic heterocycles. The summed E-state index contributed by atoms with van der Waals surface area (Å²) >= 11 is 0. The van der Waals surface area contributed by atoms with E-state index in [4.69, 9.17) is 4.74 Å². The van der Waals surface area contributed by atoms with Crippen molar-refractivity contribution in [1.82, 2.24) is 0 Å². The molecule has 3 aromatic rings. The van der Waals surface area contributed by atoms with Crippen LogP contribution in [0, 0.1) is 5.82 Å². The van der Waals surface area contributed by atoms with Crippen LogP contribution < -0.4 is 9.62 Å². The Morgan fingerprint density at radius 1 is 1.07 bits per heavy atom. The van der Waals surface area contributed by atoms with Crippen LogP contribution in [0.3, 0.4) is 0 Å². The Morgan fingerprint density at radius 2 is 1.76 bits per heavy atom. The predicted molar refractivity (Wildman–Crippen MR) is 156 cm³/mol. The van der Waals surface area contributed by atoms with Crippen molar-refractivity contribution in [2.45, 2.75) is 35.6 Å². The van der Waals surface area contributed by atoms with Crippen molar-refractivity contribution < 1.29 is 35.6 Å². The van der Waals surface area contributed by atoms with Crippen LogP contribution in [0.2, 0.25) is 0 Å². The summed E-state index contributed by atoms with van der Waals surface area (Å²) in [5.74, 6) is -1.92. The first-order chi connectivity index (χ1) is 19.9. The Hall–Kier alpha value is -4.03. The minimum Gasteiger partial charge on any atom is -0.465 e. The van der Waals surface area contributed by atoms with Gasteiger partial charge < -0.3 is 10.1 Å². The molecule has 1 unspecified atom stereocenters. The number of fused-ring (bicyclic) bond motifs is 2. The summed E-state index contributed by atoms with van der Waals surface area (Å²) in [5.41, 5.74) is 0.791. The lowest BCUT2D eigenvalue weighted by atomic mass is 9.71. The second kappa shape index (κ2) is 11.0. The van der Waals surface area contributed by atoms with E-state index in [1.165, 1.54) is 35.7 Å². The van der Waals surface area contributed by atoms with Gasteiger partial charge in [0.2, 0.25) is 0 Å². The topological polar surface area (TPSA) is 127 Å². The van der Waals surface area contributed by atoms with E-state index in [1.807, 2.05) is 0 Å². The number of nitrogens with zero attached hydrogens (tertiary/aromatic N) is 1. The van der Waals surface area contributed by atoms with Crippen molar-refractivity contribution in [2.24, 2.45) is 0 Å². The zero-order valence-corrected chi connectivity index (χ0v) is 24.4. The number of halogens is 1. The third kappa shape index (κ3) is 5.20. The first kappa shape index (κ1) is 29.5. The fourth-order valence-electron chi connectivity index (χ4n) is 5.89. The minimum absolute atomic E-state index is 0.114. The molecule has 0 bridgehead atoms. The number of sulfonamides is 1. The Balaban J connectivity index is 1.61. The summed E-state index contributed by atoms with van der Waals surface area (Å²) in [6, 6.07) is 14.7. The largest absolute Gasteiger partial charge is 0.465 e. The molecule has 42 heavy (non-hydrogen) atoms. The summed E-state index contributed by atoms with van der Waals surface area (Å²) in [6.07, 6.45) is 2.12. The van der Waals surface area contributed by atoms with Crippen molar-refractivity contribution in [3.8, 4) is 0 Å². The van der Waals surface area contributed by atoms with E-state index >= 15 is 0 Å². The van der Waals surface area contributed by atoms with Gasteiger partial charge in [0.05, 0.1) is 40.8 Å². The minimum atomic E-state index is -4.22. The number of nitrogens with one attached hydrogen (secondary N) is 1. The normalized spacial score (nSPS) is 18.7. The lowest BCUT2D eigenvalue weighted by Crippen LogP contribution is -2.50. The van der Waals surface area contributed by atoms with Crippen LogP contribution in [0.1, 0.15) is 45.5 Å². The molecule has 1 spiro atoms. The van der Waals surface area contributed by atoms with Crippen LogP contribution >= 0.6 is 0 Å². The number of hydrogen-bond acceptors (Lipinski definition) is 7. The van der Waals surface area contributed by atoms with E-state index in [0.29, 0.717) is 16.9 Å². The Morgan fingerprint density at radius 3 is 2.40 bits per heavy atom. The number of hydrogen-bond donors (Lipinski definition) is 1. The molecule has 1 amide bonds. The van der Waals surface area contributed by atoms with E-state index in [2.05, 4.69) is 11.9 Å². The van der Waals surface area contributed by atoms with Crippen LogP contribution in [-0.2, 0) is 30.0 Å². The van der Waals surface area contributed by atoms with Gasteiger partial charge in [0.1, 0.15) is 15.7 Å². The number of sulfone groups is 1. The predicted octanol–water partition coefficient (Wildman–Crippen LogP) is 4.46. The summed E-state index contributed by atoms with van der Waals surface area (Å²) in [6.45, 7) is 3.83. The van der Waals surface area contributed by atoms with Gasteiger partial charge in [0.15, 0.2) is 0 Å². The van der Waals surface area contributed by atoms with Gasteiger partial charge >= 0.3 is 5.97 Å². The van der Waals surface area contributed by atoms with E-state index in [-0.39, 0.29) is 46.8 Å². The highest BCUT2D eigenvalue weighted by Gasteiger charge is 2.56. The second-order valence-corrected chi connectivity index (χ2v) is 14.5. The molecule has 5 rings (SSSR count). The molecule has 1 N–H and O–H groups in total. The monoisotopic (exact) mass is 612 g/mol. The van der Waals surface area contributed by atoms with Crippen LogP contribution in [0.4, 0.5) is 15.8 Å². The molecule has 0 saturated carbocycles. The van der Waals surface area contributed by atoms with Gasteiger partial charge in [0.25, 0.3) is 15.9 Å². The lowest BCUT2D eigenvalue weighted by molar-refractivity contribution is 0.0600. The van der Waals surface area contributed by atoms with E-state index in [1.54, 1.807) is 36.4 Å². The maximum Gasteiger partial charge on any atom is 0.337 e. The smallest absolute Gasteiger partial charge is 0.337 e. The van der Waals surface area contributed by atoms with E-state index in [9.17, 15) is 30.8 Å². The first-order valence-electron chi connectivity index (χ1n) is 13.2. The van der Waals surface area contributed by atoms with Crippen molar-refractivity contribution in [3.05, 3.63) is 102 Å². The molecule has 2 heterocycles. The van der Waals surface area contributed by atoms with Crippen LogP contribution in [0.5, 0.6) is 0 Å². The average molecular weight is 613 g/mol. The summed E-state index contributed by atoms with van der Waals surface area (Å²) < 4.78 is 72.8. The highest BCUT2D eigenvalue weighted by atomic mass is 32.2. The Bertz CT molecular complexity index is 1770. The first-order valence-corrected chi connectivity index (χ1v) is 16.4. The van der Waals surface area contributed by atoms with Gasteiger partial charge in [-0.25, -0.2) is 26.0 Å². The molecule has 220 valence electrons. The average Bonchev–Trinajstić information content (AvgIpc) is 3.23. The molecule has 12 heteroatoms. The SMILES string of the molecule is C=CCC1N(S(=O)(=O)c2ccc(F)cc2)c2ccc(C(=O)Nc3cccc(C(=O)OC)c3)cc2C12CCS(=O)(=O)CC2. The standard InChI is InChI=1S/C30H29FN2O7S2/c1-3-5-27-30(14-16-41(36,37)17-15-30)25-19-20(28(34)32-23-7-4-6-21(18-23)29(35)40-2)8-13-26(25)33(27)42(38,39)24-11-9-22(31)10-12-24/h3-4,6-13,18-19,27H,1,5,14-17H2,2H3,(H,32,34). The summed E-state index contributed by atoms with van der Waals surface area (Å²) in [7, 11) is -6.29. The number of carbonyl (C=O) groups is 2. The highest BCUT2D eigenvalue weighted by molar-refractivity contribution is 7.93. The maximum absolute atomic E-state index is 14.1. The number of amides is 1. The zero-order valence-electron chi connectivity index (χ0n) is 22.7. The van der Waals surface area contributed by atoms with E-state index < -0.39 is 49.0 Å². The Labute approximate surface area is 244 Å². The number of anilines is 2. The second-order valence-electron chi connectivity index (χ2n) is 10.4. The summed E-state index contributed by atoms with van der Waals surface area (Å²) in [5, 5.41) is 2.76. The maximum atomic E-state index is 14.1.